The number of fused-ring (bicyclic) bond motifs is 1. The smallest absolute Gasteiger partial charge is 0.382 e. The Hall–Kier alpha value is -2.83. The van der Waals surface area contributed by atoms with Crippen LogP contribution >= 0.6 is 12.4 Å². The highest BCUT2D eigenvalue weighted by atomic mass is 35.5. The maximum absolute atomic E-state index is 13.0. The topological polar surface area (TPSA) is 89.9 Å². The molecule has 2 aromatic heterocycles. The predicted molar refractivity (Wildman–Crippen MR) is 109 cm³/mol. The number of imidazole rings is 1. The predicted octanol–water partition coefficient (Wildman–Crippen LogP) is 3.71. The molecule has 0 bridgehead atoms. The molecular weight excluding hydrogens is 419 g/mol. The van der Waals surface area contributed by atoms with Crippen LogP contribution in [0.3, 0.4) is 0 Å². The molecule has 4 rings (SSSR count). The highest BCUT2D eigenvalue weighted by Crippen LogP contribution is 2.33. The van der Waals surface area contributed by atoms with Gasteiger partial charge in [-0.3, -0.25) is 0 Å². The number of hydrogen-bond acceptors (Lipinski definition) is 5. The number of anilines is 1. The average Bonchev–Trinajstić information content (AvgIpc) is 3.25. The fourth-order valence-corrected chi connectivity index (χ4v) is 3.49. The van der Waals surface area contributed by atoms with E-state index in [-0.39, 0.29) is 41.0 Å². The maximum Gasteiger partial charge on any atom is 0.416 e. The van der Waals surface area contributed by atoms with Gasteiger partial charge in [0.1, 0.15) is 11.4 Å². The number of nitrogen functional groups attached to an aromatic ring is 1. The van der Waals surface area contributed by atoms with Gasteiger partial charge in [-0.1, -0.05) is 18.1 Å². The van der Waals surface area contributed by atoms with Crippen molar-refractivity contribution in [2.45, 2.75) is 37.5 Å². The van der Waals surface area contributed by atoms with Crippen LogP contribution in [0.5, 0.6) is 0 Å². The lowest BCUT2D eigenvalue weighted by atomic mass is 10.0. The van der Waals surface area contributed by atoms with E-state index in [0.717, 1.165) is 25.0 Å². The van der Waals surface area contributed by atoms with E-state index in [0.29, 0.717) is 18.5 Å². The molecule has 1 saturated carbocycles. The van der Waals surface area contributed by atoms with Gasteiger partial charge in [-0.15, -0.1) is 12.4 Å². The molecule has 1 aromatic carbocycles. The summed E-state index contributed by atoms with van der Waals surface area (Å²) in [5.41, 5.74) is 5.11. The molecule has 10 heteroatoms. The monoisotopic (exact) mass is 437 g/mol. The summed E-state index contributed by atoms with van der Waals surface area (Å²) in [7, 11) is 1.64. The summed E-state index contributed by atoms with van der Waals surface area (Å²) in [6, 6.07) is 4.89. The van der Waals surface area contributed by atoms with Gasteiger partial charge < -0.3 is 15.4 Å². The second-order valence-corrected chi connectivity index (χ2v) is 7.17. The number of nitrogens with zero attached hydrogens (tertiary/aromatic N) is 4. The molecule has 3 N–H and O–H groups in total. The Morgan fingerprint density at radius 3 is 2.53 bits per heavy atom. The largest absolute Gasteiger partial charge is 0.416 e. The fraction of sp³-hybridized carbons (Fsp3) is 0.350. The summed E-state index contributed by atoms with van der Waals surface area (Å²) in [4.78, 5) is 12.8. The van der Waals surface area contributed by atoms with Crippen LogP contribution in [0.1, 0.15) is 37.1 Å². The molecule has 3 aromatic rings. The third-order valence-corrected chi connectivity index (χ3v) is 5.03. The van der Waals surface area contributed by atoms with E-state index >= 15 is 0 Å². The van der Waals surface area contributed by atoms with Gasteiger partial charge >= 0.3 is 6.18 Å². The lowest BCUT2D eigenvalue weighted by Crippen LogP contribution is -2.20. The Labute approximate surface area is 176 Å². The quantitative estimate of drug-likeness (QED) is 0.566. The van der Waals surface area contributed by atoms with E-state index in [2.05, 4.69) is 26.8 Å². The van der Waals surface area contributed by atoms with Crippen molar-refractivity contribution in [3.63, 3.8) is 0 Å². The van der Waals surface area contributed by atoms with Crippen LogP contribution in [-0.4, -0.2) is 30.2 Å². The van der Waals surface area contributed by atoms with E-state index in [9.17, 15) is 18.3 Å². The zero-order valence-corrected chi connectivity index (χ0v) is 16.8. The Morgan fingerprint density at radius 1 is 1.17 bits per heavy atom. The number of aryl methyl sites for hydroxylation is 1. The number of halogens is 4. The standard InChI is InChI=1S/C20H18F3N5O.ClH/c1-28-17(12-5-4-6-13(11-12)20(21,22)23)27-15-16(24)25-14(26-18(15)28)7-10-19(29)8-2-3-9-19;/h4-6,11,29H,2-3,8-9H2,1H3,(H2,24,25,26);1H. The summed E-state index contributed by atoms with van der Waals surface area (Å²) in [5, 5.41) is 10.4. The molecule has 0 saturated heterocycles. The lowest BCUT2D eigenvalue weighted by Gasteiger charge is -2.12. The van der Waals surface area contributed by atoms with Gasteiger partial charge in [0.2, 0.25) is 5.82 Å². The third kappa shape index (κ3) is 4.06. The molecule has 1 aliphatic rings. The van der Waals surface area contributed by atoms with Crippen LogP contribution < -0.4 is 5.73 Å². The lowest BCUT2D eigenvalue weighted by molar-refractivity contribution is -0.137. The highest BCUT2D eigenvalue weighted by Gasteiger charge is 2.31. The van der Waals surface area contributed by atoms with Gasteiger partial charge in [0.15, 0.2) is 17.0 Å². The van der Waals surface area contributed by atoms with Crippen molar-refractivity contribution in [1.82, 2.24) is 19.5 Å². The zero-order valence-electron chi connectivity index (χ0n) is 16.0. The highest BCUT2D eigenvalue weighted by molar-refractivity contribution is 5.86. The molecule has 0 radical (unpaired) electrons. The van der Waals surface area contributed by atoms with E-state index in [1.54, 1.807) is 11.6 Å². The third-order valence-electron chi connectivity index (χ3n) is 5.03. The van der Waals surface area contributed by atoms with Crippen LogP contribution in [0.4, 0.5) is 19.0 Å². The van der Waals surface area contributed by atoms with Gasteiger partial charge in [-0.2, -0.15) is 13.2 Å². The molecule has 30 heavy (non-hydrogen) atoms. The Bertz CT molecular complexity index is 1160. The molecule has 0 atom stereocenters. The molecule has 0 spiro atoms. The Kier molecular flexibility index (Phi) is 5.67. The van der Waals surface area contributed by atoms with Crippen LogP contribution in [0.2, 0.25) is 0 Å². The minimum absolute atomic E-state index is 0. The van der Waals surface area contributed by atoms with Crippen molar-refractivity contribution in [3.05, 3.63) is 35.7 Å². The van der Waals surface area contributed by atoms with Gasteiger partial charge in [-0.05, 0) is 43.7 Å². The molecule has 6 nitrogen and oxygen atoms in total. The minimum atomic E-state index is -4.46. The first-order chi connectivity index (χ1) is 13.7. The SMILES string of the molecule is Cl.Cn1c(-c2cccc(C(F)(F)F)c2)nc2c(N)nc(C#CC3(O)CCCC3)nc21. The van der Waals surface area contributed by atoms with Crippen molar-refractivity contribution in [2.24, 2.45) is 7.05 Å². The normalized spacial score (nSPS) is 15.5. The average molecular weight is 438 g/mol. The number of aliphatic hydroxyl groups is 1. The number of alkyl halides is 3. The molecule has 158 valence electrons. The van der Waals surface area contributed by atoms with Gasteiger partial charge in [0, 0.05) is 12.6 Å². The minimum Gasteiger partial charge on any atom is -0.382 e. The zero-order chi connectivity index (χ0) is 20.8. The summed E-state index contributed by atoms with van der Waals surface area (Å²) in [6.07, 6.45) is -1.43. The van der Waals surface area contributed by atoms with Crippen LogP contribution in [0.25, 0.3) is 22.6 Å². The molecule has 1 aliphatic carbocycles. The number of aromatic nitrogens is 4. The summed E-state index contributed by atoms with van der Waals surface area (Å²) in [6.45, 7) is 0. The summed E-state index contributed by atoms with van der Waals surface area (Å²) >= 11 is 0. The molecular formula is C20H19ClF3N5O. The Balaban J connectivity index is 0.00000256. The van der Waals surface area contributed by atoms with Crippen molar-refractivity contribution < 1.29 is 18.3 Å². The van der Waals surface area contributed by atoms with E-state index in [1.807, 2.05) is 0 Å². The first-order valence-electron chi connectivity index (χ1n) is 9.09. The summed E-state index contributed by atoms with van der Waals surface area (Å²) < 4.78 is 40.7. The first kappa shape index (κ1) is 21.9. The van der Waals surface area contributed by atoms with E-state index in [1.165, 1.54) is 12.1 Å². The fourth-order valence-electron chi connectivity index (χ4n) is 3.49. The molecule has 0 aliphatic heterocycles. The van der Waals surface area contributed by atoms with Gasteiger partial charge in [0.25, 0.3) is 0 Å². The number of nitrogens with two attached hydrogens (primary N) is 1. The second-order valence-electron chi connectivity index (χ2n) is 7.17. The van der Waals surface area contributed by atoms with Crippen molar-refractivity contribution in [2.75, 3.05) is 5.73 Å². The van der Waals surface area contributed by atoms with Crippen molar-refractivity contribution in [3.8, 4) is 23.2 Å². The Morgan fingerprint density at radius 2 is 1.87 bits per heavy atom. The summed E-state index contributed by atoms with van der Waals surface area (Å²) in [5.74, 6) is 6.08. The van der Waals surface area contributed by atoms with Crippen LogP contribution in [0, 0.1) is 11.8 Å². The maximum atomic E-state index is 13.0. The molecule has 1 fully saturated rings. The molecule has 2 heterocycles. The second kappa shape index (κ2) is 7.78. The first-order valence-corrected chi connectivity index (χ1v) is 9.09. The van der Waals surface area contributed by atoms with Gasteiger partial charge in [-0.25, -0.2) is 15.0 Å². The van der Waals surface area contributed by atoms with Gasteiger partial charge in [0.05, 0.1) is 5.56 Å². The van der Waals surface area contributed by atoms with Crippen LogP contribution in [-0.2, 0) is 13.2 Å². The number of benzene rings is 1. The van der Waals surface area contributed by atoms with Crippen molar-refractivity contribution >= 4 is 29.4 Å². The van der Waals surface area contributed by atoms with E-state index in [4.69, 9.17) is 5.73 Å². The van der Waals surface area contributed by atoms with Crippen LogP contribution in [0.15, 0.2) is 24.3 Å². The number of rotatable bonds is 1. The molecule has 0 amide bonds. The molecule has 0 unspecified atom stereocenters. The van der Waals surface area contributed by atoms with Crippen molar-refractivity contribution in [1.29, 1.82) is 0 Å². The van der Waals surface area contributed by atoms with E-state index < -0.39 is 17.3 Å². The number of hydrogen-bond donors (Lipinski definition) is 2.